The molecule has 0 heterocycles. The molecule has 0 aliphatic heterocycles. The molecule has 1 atom stereocenters. The minimum Gasteiger partial charge on any atom is -0.389 e. The lowest BCUT2D eigenvalue weighted by atomic mass is 10.0. The monoisotopic (exact) mass is 187 g/mol. The van der Waals surface area contributed by atoms with Crippen molar-refractivity contribution in [3.63, 3.8) is 0 Å². The maximum absolute atomic E-state index is 10.9. The normalized spacial score (nSPS) is 12.2. The highest BCUT2D eigenvalue weighted by Crippen LogP contribution is 1.96. The summed E-state index contributed by atoms with van der Waals surface area (Å²) in [5.41, 5.74) is 5.26. The first kappa shape index (κ1) is 11.9. The molecular formula is C8H13NO4. The van der Waals surface area contributed by atoms with E-state index in [0.717, 1.165) is 0 Å². The minimum absolute atomic E-state index is 0.182. The van der Waals surface area contributed by atoms with Crippen LogP contribution in [0.4, 0.5) is 0 Å². The Morgan fingerprint density at radius 3 is 2.31 bits per heavy atom. The molecule has 0 saturated heterocycles. The zero-order valence-electron chi connectivity index (χ0n) is 7.45. The maximum Gasteiger partial charge on any atom is 0.175 e. The topological polar surface area (TPSA) is 97.5 Å². The van der Waals surface area contributed by atoms with Gasteiger partial charge in [-0.05, 0) is 6.92 Å². The van der Waals surface area contributed by atoms with Crippen molar-refractivity contribution in [2.75, 3.05) is 6.61 Å². The third-order valence-corrected chi connectivity index (χ3v) is 1.46. The lowest BCUT2D eigenvalue weighted by Crippen LogP contribution is -2.35. The van der Waals surface area contributed by atoms with Crippen LogP contribution in [0, 0.1) is 0 Å². The lowest BCUT2D eigenvalue weighted by Gasteiger charge is -2.06. The van der Waals surface area contributed by atoms with Gasteiger partial charge in [-0.3, -0.25) is 14.4 Å². The summed E-state index contributed by atoms with van der Waals surface area (Å²) < 4.78 is 0. The molecule has 0 aromatic carbocycles. The standard InChI is InChI=1S/C8H13NO4/c1-5(11)2-6(12)3-7(9)8(13)4-10/h7,10H,2-4,9H2,1H3. The number of carbonyl (C=O) groups is 3. The molecule has 0 saturated carbocycles. The van der Waals surface area contributed by atoms with E-state index in [1.165, 1.54) is 6.92 Å². The number of hydrogen-bond donors (Lipinski definition) is 2. The predicted octanol–water partition coefficient (Wildman–Crippen LogP) is -1.19. The van der Waals surface area contributed by atoms with Crippen molar-refractivity contribution in [2.24, 2.45) is 5.73 Å². The number of ketones is 3. The van der Waals surface area contributed by atoms with Gasteiger partial charge in [-0.25, -0.2) is 0 Å². The predicted molar refractivity (Wildman–Crippen MR) is 45.0 cm³/mol. The van der Waals surface area contributed by atoms with Crippen molar-refractivity contribution in [2.45, 2.75) is 25.8 Å². The molecule has 0 aliphatic rings. The van der Waals surface area contributed by atoms with Gasteiger partial charge in [-0.15, -0.1) is 0 Å². The minimum atomic E-state index is -0.989. The maximum atomic E-state index is 10.9. The summed E-state index contributed by atoms with van der Waals surface area (Å²) in [6, 6.07) is -0.989. The van der Waals surface area contributed by atoms with Gasteiger partial charge in [0.05, 0.1) is 12.5 Å². The van der Waals surface area contributed by atoms with Crippen LogP contribution in [0.5, 0.6) is 0 Å². The fourth-order valence-electron chi connectivity index (χ4n) is 0.826. The lowest BCUT2D eigenvalue weighted by molar-refractivity contribution is -0.129. The van der Waals surface area contributed by atoms with Gasteiger partial charge in [-0.2, -0.15) is 0 Å². The van der Waals surface area contributed by atoms with Crippen molar-refractivity contribution in [3.05, 3.63) is 0 Å². The molecule has 1 unspecified atom stereocenters. The van der Waals surface area contributed by atoms with E-state index < -0.39 is 18.4 Å². The summed E-state index contributed by atoms with van der Waals surface area (Å²) in [6.45, 7) is 0.617. The molecule has 5 nitrogen and oxygen atoms in total. The first-order valence-electron chi connectivity index (χ1n) is 3.87. The summed E-state index contributed by atoms with van der Waals surface area (Å²) in [5, 5.41) is 8.39. The van der Waals surface area contributed by atoms with E-state index in [-0.39, 0.29) is 24.4 Å². The first-order chi connectivity index (χ1) is 5.97. The summed E-state index contributed by atoms with van der Waals surface area (Å²) in [7, 11) is 0. The zero-order chi connectivity index (χ0) is 10.4. The van der Waals surface area contributed by atoms with E-state index in [1.54, 1.807) is 0 Å². The molecular weight excluding hydrogens is 174 g/mol. The molecule has 74 valence electrons. The highest BCUT2D eigenvalue weighted by Gasteiger charge is 2.16. The molecule has 3 N–H and O–H groups in total. The molecule has 0 aliphatic carbocycles. The molecule has 13 heavy (non-hydrogen) atoms. The number of aliphatic hydroxyl groups is 1. The molecule has 0 aromatic rings. The van der Waals surface area contributed by atoms with E-state index in [2.05, 4.69) is 0 Å². The summed E-state index contributed by atoms with van der Waals surface area (Å²) in [5.74, 6) is -1.22. The van der Waals surface area contributed by atoms with Crippen LogP contribution in [-0.4, -0.2) is 35.1 Å². The molecule has 0 bridgehead atoms. The Hall–Kier alpha value is -1.07. The Kier molecular flexibility index (Phi) is 5.10. The highest BCUT2D eigenvalue weighted by atomic mass is 16.3. The fourth-order valence-corrected chi connectivity index (χ4v) is 0.826. The van der Waals surface area contributed by atoms with Crippen LogP contribution in [0.15, 0.2) is 0 Å². The fraction of sp³-hybridized carbons (Fsp3) is 0.625. The molecule has 5 heteroatoms. The van der Waals surface area contributed by atoms with E-state index >= 15 is 0 Å². The van der Waals surface area contributed by atoms with Crippen LogP contribution in [-0.2, 0) is 14.4 Å². The Labute approximate surface area is 75.9 Å². The Bertz CT molecular complexity index is 224. The first-order valence-corrected chi connectivity index (χ1v) is 3.87. The van der Waals surface area contributed by atoms with Gasteiger partial charge in [0.25, 0.3) is 0 Å². The molecule has 0 radical (unpaired) electrons. The van der Waals surface area contributed by atoms with Gasteiger partial charge in [0, 0.05) is 6.42 Å². The molecule has 0 amide bonds. The van der Waals surface area contributed by atoms with E-state index in [9.17, 15) is 14.4 Å². The van der Waals surface area contributed by atoms with E-state index in [4.69, 9.17) is 10.8 Å². The van der Waals surface area contributed by atoms with Gasteiger partial charge in [0.1, 0.15) is 18.2 Å². The van der Waals surface area contributed by atoms with Gasteiger partial charge in [0.2, 0.25) is 0 Å². The van der Waals surface area contributed by atoms with E-state index in [1.807, 2.05) is 0 Å². The SMILES string of the molecule is CC(=O)CC(=O)CC(N)C(=O)CO. The highest BCUT2D eigenvalue weighted by molar-refractivity contribution is 6.00. The second kappa shape index (κ2) is 5.55. The van der Waals surface area contributed by atoms with Crippen molar-refractivity contribution in [3.8, 4) is 0 Å². The van der Waals surface area contributed by atoms with Crippen LogP contribution in [0.3, 0.4) is 0 Å². The Morgan fingerprint density at radius 1 is 1.38 bits per heavy atom. The zero-order valence-corrected chi connectivity index (χ0v) is 7.45. The number of aliphatic hydroxyl groups excluding tert-OH is 1. The van der Waals surface area contributed by atoms with Crippen LogP contribution in [0.1, 0.15) is 19.8 Å². The second-order valence-corrected chi connectivity index (χ2v) is 2.85. The average Bonchev–Trinajstić information content (AvgIpc) is 2.01. The van der Waals surface area contributed by atoms with Crippen molar-refractivity contribution in [1.29, 1.82) is 0 Å². The number of Topliss-reactive ketones (excluding diaryl/α,β-unsaturated/α-hetero) is 3. The number of nitrogens with two attached hydrogens (primary N) is 1. The molecule has 0 aromatic heterocycles. The molecule has 0 fully saturated rings. The number of carbonyl (C=O) groups excluding carboxylic acids is 3. The van der Waals surface area contributed by atoms with Crippen LogP contribution >= 0.6 is 0 Å². The summed E-state index contributed by atoms with van der Waals surface area (Å²) >= 11 is 0. The van der Waals surface area contributed by atoms with Gasteiger partial charge in [-0.1, -0.05) is 0 Å². The van der Waals surface area contributed by atoms with Crippen LogP contribution < -0.4 is 5.73 Å². The summed E-state index contributed by atoms with van der Waals surface area (Å²) in [4.78, 5) is 32.1. The third kappa shape index (κ3) is 5.21. The Morgan fingerprint density at radius 2 is 1.92 bits per heavy atom. The van der Waals surface area contributed by atoms with Crippen molar-refractivity contribution < 1.29 is 19.5 Å². The van der Waals surface area contributed by atoms with Crippen molar-refractivity contribution in [1.82, 2.24) is 0 Å². The third-order valence-electron chi connectivity index (χ3n) is 1.46. The number of hydrogen-bond acceptors (Lipinski definition) is 5. The Balaban J connectivity index is 3.91. The van der Waals surface area contributed by atoms with Crippen LogP contribution in [0.2, 0.25) is 0 Å². The van der Waals surface area contributed by atoms with Crippen molar-refractivity contribution >= 4 is 17.3 Å². The van der Waals surface area contributed by atoms with E-state index in [0.29, 0.717) is 0 Å². The number of rotatable bonds is 6. The quantitative estimate of drug-likeness (QED) is 0.510. The van der Waals surface area contributed by atoms with Gasteiger partial charge >= 0.3 is 0 Å². The smallest absolute Gasteiger partial charge is 0.175 e. The van der Waals surface area contributed by atoms with Crippen LogP contribution in [0.25, 0.3) is 0 Å². The van der Waals surface area contributed by atoms with Gasteiger partial charge < -0.3 is 10.8 Å². The molecule has 0 spiro atoms. The second-order valence-electron chi connectivity index (χ2n) is 2.85. The largest absolute Gasteiger partial charge is 0.389 e. The van der Waals surface area contributed by atoms with Gasteiger partial charge in [0.15, 0.2) is 5.78 Å². The summed E-state index contributed by atoms with van der Waals surface area (Å²) in [6.07, 6.45) is -0.384. The molecule has 0 rings (SSSR count). The average molecular weight is 187 g/mol.